The highest BCUT2D eigenvalue weighted by Gasteiger charge is 2.08. The predicted molar refractivity (Wildman–Crippen MR) is 79.7 cm³/mol. The quantitative estimate of drug-likeness (QED) is 0.909. The van der Waals surface area contributed by atoms with E-state index in [1.165, 1.54) is 11.3 Å². The van der Waals surface area contributed by atoms with Crippen molar-refractivity contribution < 1.29 is 4.79 Å². The predicted octanol–water partition coefficient (Wildman–Crippen LogP) is 3.26. The van der Waals surface area contributed by atoms with Crippen molar-refractivity contribution in [3.8, 4) is 0 Å². The number of carbonyl (C=O) groups is 1. The van der Waals surface area contributed by atoms with Crippen molar-refractivity contribution in [3.63, 3.8) is 0 Å². The van der Waals surface area contributed by atoms with Gasteiger partial charge in [0.2, 0.25) is 5.91 Å². The molecule has 0 fully saturated rings. The first-order valence-electron chi connectivity index (χ1n) is 5.81. The van der Waals surface area contributed by atoms with Crippen LogP contribution in [0.2, 0.25) is 5.02 Å². The highest BCUT2D eigenvalue weighted by Crippen LogP contribution is 2.23. The minimum Gasteiger partial charge on any atom is -0.375 e. The van der Waals surface area contributed by atoms with E-state index in [1.807, 2.05) is 24.4 Å². The summed E-state index contributed by atoms with van der Waals surface area (Å²) in [5.41, 5.74) is 8.00. The molecule has 4 nitrogen and oxygen atoms in total. The molecule has 1 amide bonds. The van der Waals surface area contributed by atoms with Gasteiger partial charge in [0.15, 0.2) is 5.13 Å². The van der Waals surface area contributed by atoms with Gasteiger partial charge in [-0.05, 0) is 31.0 Å². The molecule has 19 heavy (non-hydrogen) atoms. The molecule has 6 heteroatoms. The number of halogens is 1. The number of thiazole rings is 1. The summed E-state index contributed by atoms with van der Waals surface area (Å²) in [5, 5.41) is 5.89. The monoisotopic (exact) mass is 295 g/mol. The van der Waals surface area contributed by atoms with Crippen LogP contribution < -0.4 is 11.1 Å². The molecule has 1 aromatic carbocycles. The van der Waals surface area contributed by atoms with Gasteiger partial charge in [-0.25, -0.2) is 4.98 Å². The van der Waals surface area contributed by atoms with Crippen molar-refractivity contribution in [1.29, 1.82) is 0 Å². The Kier molecular flexibility index (Phi) is 4.39. The molecule has 0 radical (unpaired) electrons. The maximum atomic E-state index is 11.8. The Balaban J connectivity index is 1.92. The molecule has 0 saturated carbocycles. The van der Waals surface area contributed by atoms with E-state index in [0.717, 1.165) is 16.9 Å². The van der Waals surface area contributed by atoms with Gasteiger partial charge in [-0.3, -0.25) is 4.79 Å². The summed E-state index contributed by atoms with van der Waals surface area (Å²) in [6.45, 7) is 1.87. The molecule has 0 saturated heterocycles. The molecular weight excluding hydrogens is 282 g/mol. The third-order valence-corrected chi connectivity index (χ3v) is 3.85. The van der Waals surface area contributed by atoms with E-state index in [4.69, 9.17) is 17.3 Å². The van der Waals surface area contributed by atoms with Crippen LogP contribution in [0, 0.1) is 6.92 Å². The number of anilines is 2. The number of hydrogen-bond donors (Lipinski definition) is 2. The lowest BCUT2D eigenvalue weighted by Gasteiger charge is -2.08. The number of rotatable bonds is 4. The smallest absolute Gasteiger partial charge is 0.224 e. The van der Waals surface area contributed by atoms with E-state index < -0.39 is 0 Å². The largest absolute Gasteiger partial charge is 0.375 e. The fraction of sp³-hybridized carbons (Fsp3) is 0.231. The number of aryl methyl sites for hydroxylation is 1. The van der Waals surface area contributed by atoms with Gasteiger partial charge in [-0.1, -0.05) is 17.7 Å². The van der Waals surface area contributed by atoms with E-state index in [9.17, 15) is 4.79 Å². The van der Waals surface area contributed by atoms with Crippen LogP contribution in [-0.2, 0) is 11.2 Å². The molecule has 1 aromatic heterocycles. The summed E-state index contributed by atoms with van der Waals surface area (Å²) in [4.78, 5) is 16.0. The molecule has 0 aliphatic heterocycles. The molecule has 3 N–H and O–H groups in total. The van der Waals surface area contributed by atoms with Gasteiger partial charge < -0.3 is 11.1 Å². The molecule has 0 unspecified atom stereocenters. The second kappa shape index (κ2) is 6.04. The fourth-order valence-electron chi connectivity index (χ4n) is 1.63. The lowest BCUT2D eigenvalue weighted by atomic mass is 10.2. The summed E-state index contributed by atoms with van der Waals surface area (Å²) < 4.78 is 0. The number of hydrogen-bond acceptors (Lipinski definition) is 4. The zero-order valence-electron chi connectivity index (χ0n) is 10.4. The topological polar surface area (TPSA) is 68.0 Å². The first kappa shape index (κ1) is 13.8. The van der Waals surface area contributed by atoms with Crippen molar-refractivity contribution in [3.05, 3.63) is 39.9 Å². The number of nitrogen functional groups attached to an aromatic ring is 1. The van der Waals surface area contributed by atoms with Crippen molar-refractivity contribution in [2.45, 2.75) is 19.8 Å². The Morgan fingerprint density at radius 2 is 2.32 bits per heavy atom. The van der Waals surface area contributed by atoms with Crippen LogP contribution in [0.4, 0.5) is 10.8 Å². The number of nitrogens with zero attached hydrogens (tertiary/aromatic N) is 1. The van der Waals surface area contributed by atoms with E-state index in [0.29, 0.717) is 23.0 Å². The second-order valence-electron chi connectivity index (χ2n) is 4.14. The van der Waals surface area contributed by atoms with Gasteiger partial charge in [0.1, 0.15) is 0 Å². The fourth-order valence-corrected chi connectivity index (χ4v) is 2.41. The summed E-state index contributed by atoms with van der Waals surface area (Å²) in [6.07, 6.45) is 0.953. The van der Waals surface area contributed by atoms with Crippen LogP contribution in [0.3, 0.4) is 0 Å². The van der Waals surface area contributed by atoms with E-state index in [-0.39, 0.29) is 5.91 Å². The third-order valence-electron chi connectivity index (χ3n) is 2.72. The van der Waals surface area contributed by atoms with Crippen LogP contribution in [-0.4, -0.2) is 10.9 Å². The van der Waals surface area contributed by atoms with Gasteiger partial charge in [0.05, 0.1) is 5.69 Å². The molecule has 2 aromatic rings. The van der Waals surface area contributed by atoms with Gasteiger partial charge in [0, 0.05) is 22.5 Å². The number of carbonyl (C=O) groups excluding carboxylic acids is 1. The summed E-state index contributed by atoms with van der Waals surface area (Å²) in [6, 6.07) is 5.44. The SMILES string of the molecule is Cc1c(Cl)cccc1NC(=O)CCc1csc(N)n1. The Bertz CT molecular complexity index is 597. The van der Waals surface area contributed by atoms with Gasteiger partial charge in [0.25, 0.3) is 0 Å². The Morgan fingerprint density at radius 3 is 3.00 bits per heavy atom. The first-order valence-corrected chi connectivity index (χ1v) is 7.07. The average Bonchev–Trinajstić information content (AvgIpc) is 2.78. The van der Waals surface area contributed by atoms with Gasteiger partial charge in [-0.2, -0.15) is 0 Å². The second-order valence-corrected chi connectivity index (χ2v) is 5.43. The van der Waals surface area contributed by atoms with E-state index in [1.54, 1.807) is 6.07 Å². The van der Waals surface area contributed by atoms with Crippen LogP contribution in [0.5, 0.6) is 0 Å². The highest BCUT2D eigenvalue weighted by atomic mass is 35.5. The number of aromatic nitrogens is 1. The lowest BCUT2D eigenvalue weighted by Crippen LogP contribution is -2.13. The van der Waals surface area contributed by atoms with Gasteiger partial charge >= 0.3 is 0 Å². The zero-order valence-corrected chi connectivity index (χ0v) is 12.0. The number of nitrogens with one attached hydrogen (secondary N) is 1. The third kappa shape index (κ3) is 3.68. The molecule has 1 heterocycles. The Labute approximate surface area is 120 Å². The summed E-state index contributed by atoms with van der Waals surface area (Å²) >= 11 is 7.38. The van der Waals surface area contributed by atoms with Gasteiger partial charge in [-0.15, -0.1) is 11.3 Å². The first-order chi connectivity index (χ1) is 9.06. The molecule has 0 atom stereocenters. The van der Waals surface area contributed by atoms with E-state index in [2.05, 4.69) is 10.3 Å². The van der Waals surface area contributed by atoms with Crippen LogP contribution in [0.15, 0.2) is 23.6 Å². The average molecular weight is 296 g/mol. The van der Waals surface area contributed by atoms with E-state index >= 15 is 0 Å². The molecule has 0 aliphatic carbocycles. The lowest BCUT2D eigenvalue weighted by molar-refractivity contribution is -0.116. The maximum Gasteiger partial charge on any atom is 0.224 e. The molecule has 100 valence electrons. The normalized spacial score (nSPS) is 10.4. The molecular formula is C13H14ClN3OS. The molecule has 0 bridgehead atoms. The molecule has 0 aliphatic rings. The standard InChI is InChI=1S/C13H14ClN3OS/c1-8-10(14)3-2-4-11(8)17-12(18)6-5-9-7-19-13(15)16-9/h2-4,7H,5-6H2,1H3,(H2,15,16)(H,17,18). The number of benzene rings is 1. The van der Waals surface area contributed by atoms with Crippen LogP contribution in [0.1, 0.15) is 17.7 Å². The minimum atomic E-state index is -0.0584. The van der Waals surface area contributed by atoms with Crippen molar-refractivity contribution in [1.82, 2.24) is 4.98 Å². The van der Waals surface area contributed by atoms with Crippen molar-refractivity contribution in [2.24, 2.45) is 0 Å². The number of amides is 1. The summed E-state index contributed by atoms with van der Waals surface area (Å²) in [5.74, 6) is -0.0584. The van der Waals surface area contributed by atoms with Crippen molar-refractivity contribution in [2.75, 3.05) is 11.1 Å². The maximum absolute atomic E-state index is 11.8. The zero-order chi connectivity index (χ0) is 13.8. The molecule has 0 spiro atoms. The summed E-state index contributed by atoms with van der Waals surface area (Å²) in [7, 11) is 0. The van der Waals surface area contributed by atoms with Crippen LogP contribution >= 0.6 is 22.9 Å². The Hall–Kier alpha value is -1.59. The highest BCUT2D eigenvalue weighted by molar-refractivity contribution is 7.13. The minimum absolute atomic E-state index is 0.0584. The number of nitrogens with two attached hydrogens (primary N) is 1. The van der Waals surface area contributed by atoms with Crippen LogP contribution in [0.25, 0.3) is 0 Å². The molecule has 2 rings (SSSR count). The van der Waals surface area contributed by atoms with Crippen molar-refractivity contribution >= 4 is 39.7 Å². The Morgan fingerprint density at radius 1 is 1.53 bits per heavy atom.